The third-order valence-electron chi connectivity index (χ3n) is 4.00. The molecule has 0 saturated carbocycles. The number of hydrogen-bond acceptors (Lipinski definition) is 4. The summed E-state index contributed by atoms with van der Waals surface area (Å²) in [6, 6.07) is 5.55. The van der Waals surface area contributed by atoms with E-state index in [2.05, 4.69) is 18.7 Å². The van der Waals surface area contributed by atoms with Crippen molar-refractivity contribution in [1.29, 1.82) is 0 Å². The maximum atomic E-state index is 12.8. The number of nitrogens with zero attached hydrogens (tertiary/aromatic N) is 2. The van der Waals surface area contributed by atoms with Crippen molar-refractivity contribution in [2.24, 2.45) is 0 Å². The number of sulfonamides is 1. The Morgan fingerprint density at radius 1 is 1.14 bits per heavy atom. The Balaban J connectivity index is 2.19. The van der Waals surface area contributed by atoms with Crippen molar-refractivity contribution in [2.75, 3.05) is 33.3 Å². The van der Waals surface area contributed by atoms with Gasteiger partial charge in [-0.05, 0) is 44.5 Å². The van der Waals surface area contributed by atoms with E-state index < -0.39 is 10.0 Å². The fraction of sp³-hybridized carbons (Fsp3) is 0.600. The summed E-state index contributed by atoms with van der Waals surface area (Å²) < 4.78 is 32.2. The molecule has 0 spiro atoms. The van der Waals surface area contributed by atoms with Gasteiger partial charge in [0.1, 0.15) is 5.75 Å². The normalized spacial score (nSPS) is 18.1. The van der Waals surface area contributed by atoms with Crippen molar-refractivity contribution in [1.82, 2.24) is 9.21 Å². The highest BCUT2D eigenvalue weighted by atomic mass is 32.2. The minimum absolute atomic E-state index is 0.376. The summed E-state index contributed by atoms with van der Waals surface area (Å²) in [5, 5.41) is 0. The summed E-state index contributed by atoms with van der Waals surface area (Å²) in [4.78, 5) is 2.67. The molecule has 1 aromatic carbocycles. The molecule has 1 fully saturated rings. The van der Waals surface area contributed by atoms with Gasteiger partial charge in [-0.3, -0.25) is 4.90 Å². The Morgan fingerprint density at radius 2 is 1.76 bits per heavy atom. The van der Waals surface area contributed by atoms with Crippen LogP contribution in [0.1, 0.15) is 19.4 Å². The van der Waals surface area contributed by atoms with Crippen LogP contribution in [0.2, 0.25) is 0 Å². The largest absolute Gasteiger partial charge is 0.497 e. The van der Waals surface area contributed by atoms with Gasteiger partial charge >= 0.3 is 0 Å². The van der Waals surface area contributed by atoms with Gasteiger partial charge in [0.25, 0.3) is 0 Å². The van der Waals surface area contributed by atoms with Crippen LogP contribution in [0.25, 0.3) is 0 Å². The molecule has 118 valence electrons. The lowest BCUT2D eigenvalue weighted by Gasteiger charge is -2.36. The zero-order chi connectivity index (χ0) is 15.6. The van der Waals surface area contributed by atoms with E-state index in [0.29, 0.717) is 29.8 Å². The second-order valence-electron chi connectivity index (χ2n) is 5.67. The molecule has 21 heavy (non-hydrogen) atoms. The summed E-state index contributed by atoms with van der Waals surface area (Å²) >= 11 is 0. The average molecular weight is 312 g/mol. The lowest BCUT2D eigenvalue weighted by Crippen LogP contribution is -2.50. The van der Waals surface area contributed by atoms with Gasteiger partial charge in [-0.25, -0.2) is 8.42 Å². The van der Waals surface area contributed by atoms with Gasteiger partial charge in [0.2, 0.25) is 10.0 Å². The molecule has 1 aliphatic heterocycles. The van der Waals surface area contributed by atoms with Crippen LogP contribution in [-0.4, -0.2) is 57.0 Å². The third kappa shape index (κ3) is 3.39. The fourth-order valence-electron chi connectivity index (χ4n) is 2.64. The van der Waals surface area contributed by atoms with Gasteiger partial charge in [-0.2, -0.15) is 4.31 Å². The highest BCUT2D eigenvalue weighted by Crippen LogP contribution is 2.25. The van der Waals surface area contributed by atoms with Gasteiger partial charge in [0.05, 0.1) is 12.0 Å². The number of rotatable bonds is 4. The van der Waals surface area contributed by atoms with E-state index in [4.69, 9.17) is 4.74 Å². The maximum Gasteiger partial charge on any atom is 0.243 e. The Labute approximate surface area is 127 Å². The summed E-state index contributed by atoms with van der Waals surface area (Å²) in [6.45, 7) is 8.74. The van der Waals surface area contributed by atoms with E-state index in [1.165, 1.54) is 0 Å². The van der Waals surface area contributed by atoms with Gasteiger partial charge < -0.3 is 4.74 Å². The molecule has 0 bridgehead atoms. The van der Waals surface area contributed by atoms with Crippen LogP contribution < -0.4 is 4.74 Å². The smallest absolute Gasteiger partial charge is 0.243 e. The second-order valence-corrected chi connectivity index (χ2v) is 7.57. The predicted molar refractivity (Wildman–Crippen MR) is 83.2 cm³/mol. The molecule has 0 aliphatic carbocycles. The van der Waals surface area contributed by atoms with Gasteiger partial charge in [-0.15, -0.1) is 0 Å². The van der Waals surface area contributed by atoms with Crippen molar-refractivity contribution < 1.29 is 13.2 Å². The molecule has 0 amide bonds. The van der Waals surface area contributed by atoms with Crippen LogP contribution in [0.15, 0.2) is 23.1 Å². The monoisotopic (exact) mass is 312 g/mol. The minimum Gasteiger partial charge on any atom is -0.497 e. The Kier molecular flexibility index (Phi) is 4.91. The number of hydrogen-bond donors (Lipinski definition) is 0. The average Bonchev–Trinajstić information content (AvgIpc) is 2.46. The minimum atomic E-state index is -3.42. The molecule has 1 saturated heterocycles. The van der Waals surface area contributed by atoms with E-state index in [0.717, 1.165) is 18.7 Å². The summed E-state index contributed by atoms with van der Waals surface area (Å²) in [7, 11) is -1.84. The standard InChI is InChI=1S/C15H24N2O3S/c1-12(2)16-7-9-17(10-8-16)21(18,19)15-6-5-14(20-4)11-13(15)3/h5-6,11-12H,7-10H2,1-4H3. The SMILES string of the molecule is COc1ccc(S(=O)(=O)N2CCN(C(C)C)CC2)c(C)c1. The van der Waals surface area contributed by atoms with Crippen LogP contribution in [-0.2, 0) is 10.0 Å². The molecular weight excluding hydrogens is 288 g/mol. The van der Waals surface area contributed by atoms with Crippen LogP contribution in [0.4, 0.5) is 0 Å². The molecule has 0 radical (unpaired) electrons. The highest BCUT2D eigenvalue weighted by Gasteiger charge is 2.30. The van der Waals surface area contributed by atoms with E-state index in [1.54, 1.807) is 36.5 Å². The van der Waals surface area contributed by atoms with E-state index in [-0.39, 0.29) is 0 Å². The first-order chi connectivity index (χ1) is 9.86. The van der Waals surface area contributed by atoms with Crippen molar-refractivity contribution in [2.45, 2.75) is 31.7 Å². The first-order valence-corrected chi connectivity index (χ1v) is 8.69. The van der Waals surface area contributed by atoms with Crippen molar-refractivity contribution in [3.05, 3.63) is 23.8 Å². The fourth-order valence-corrected chi connectivity index (χ4v) is 4.27. The van der Waals surface area contributed by atoms with Crippen LogP contribution >= 0.6 is 0 Å². The number of aryl methyl sites for hydroxylation is 1. The molecule has 1 heterocycles. The molecule has 1 aliphatic rings. The zero-order valence-electron chi connectivity index (χ0n) is 13.2. The molecule has 0 atom stereocenters. The van der Waals surface area contributed by atoms with E-state index in [1.807, 2.05) is 0 Å². The van der Waals surface area contributed by atoms with E-state index in [9.17, 15) is 8.42 Å². The zero-order valence-corrected chi connectivity index (χ0v) is 14.0. The second kappa shape index (κ2) is 6.34. The highest BCUT2D eigenvalue weighted by molar-refractivity contribution is 7.89. The predicted octanol–water partition coefficient (Wildman–Crippen LogP) is 1.72. The molecule has 2 rings (SSSR count). The van der Waals surface area contributed by atoms with Crippen LogP contribution in [0.3, 0.4) is 0 Å². The maximum absolute atomic E-state index is 12.8. The summed E-state index contributed by atoms with van der Waals surface area (Å²) in [5.41, 5.74) is 0.723. The summed E-state index contributed by atoms with van der Waals surface area (Å²) in [6.07, 6.45) is 0. The number of piperazine rings is 1. The molecule has 0 unspecified atom stereocenters. The lowest BCUT2D eigenvalue weighted by molar-refractivity contribution is 0.154. The van der Waals surface area contributed by atoms with Crippen molar-refractivity contribution >= 4 is 10.0 Å². The number of methoxy groups -OCH3 is 1. The topological polar surface area (TPSA) is 49.9 Å². The van der Waals surface area contributed by atoms with E-state index >= 15 is 0 Å². The molecule has 5 nitrogen and oxygen atoms in total. The van der Waals surface area contributed by atoms with Gasteiger partial charge in [-0.1, -0.05) is 0 Å². The van der Waals surface area contributed by atoms with Crippen LogP contribution in [0, 0.1) is 6.92 Å². The molecule has 1 aromatic rings. The lowest BCUT2D eigenvalue weighted by atomic mass is 10.2. The van der Waals surface area contributed by atoms with Gasteiger partial charge in [0, 0.05) is 32.2 Å². The molecule has 6 heteroatoms. The first kappa shape index (κ1) is 16.3. The summed E-state index contributed by atoms with van der Waals surface area (Å²) in [5.74, 6) is 0.677. The van der Waals surface area contributed by atoms with Crippen LogP contribution in [0.5, 0.6) is 5.75 Å². The van der Waals surface area contributed by atoms with Gasteiger partial charge in [0.15, 0.2) is 0 Å². The third-order valence-corrected chi connectivity index (χ3v) is 6.06. The molecule has 0 N–H and O–H groups in total. The Bertz CT molecular complexity index is 591. The van der Waals surface area contributed by atoms with Crippen molar-refractivity contribution in [3.8, 4) is 5.75 Å². The van der Waals surface area contributed by atoms with Crippen molar-refractivity contribution in [3.63, 3.8) is 0 Å². The molecule has 0 aromatic heterocycles. The number of ether oxygens (including phenoxy) is 1. The molecular formula is C15H24N2O3S. The Morgan fingerprint density at radius 3 is 2.24 bits per heavy atom. The first-order valence-electron chi connectivity index (χ1n) is 7.25. The Hall–Kier alpha value is -1.11. The quantitative estimate of drug-likeness (QED) is 0.849. The number of benzene rings is 1.